The van der Waals surface area contributed by atoms with Crippen LogP contribution in [-0.2, 0) is 13.0 Å². The van der Waals surface area contributed by atoms with Crippen molar-refractivity contribution in [2.75, 3.05) is 18.6 Å². The summed E-state index contributed by atoms with van der Waals surface area (Å²) in [5.41, 5.74) is 2.28. The van der Waals surface area contributed by atoms with Gasteiger partial charge in [0, 0.05) is 30.2 Å². The first-order valence-electron chi connectivity index (χ1n) is 9.49. The molecule has 150 valence electrons. The zero-order valence-corrected chi connectivity index (χ0v) is 18.2. The van der Waals surface area contributed by atoms with Crippen molar-refractivity contribution < 1.29 is 14.6 Å². The summed E-state index contributed by atoms with van der Waals surface area (Å²) in [4.78, 5) is 28.1. The van der Waals surface area contributed by atoms with E-state index < -0.39 is 11.4 Å². The number of methoxy groups -OCH3 is 1. The summed E-state index contributed by atoms with van der Waals surface area (Å²) in [6.07, 6.45) is 4.39. The topological polar surface area (TPSA) is 71.8 Å². The number of hydrogen-bond acceptors (Lipinski definition) is 5. The van der Waals surface area contributed by atoms with Crippen LogP contribution < -0.4 is 15.1 Å². The molecule has 2 aliphatic rings. The highest BCUT2D eigenvalue weighted by atomic mass is 79.9. The molecule has 1 N–H and O–H groups in total. The van der Waals surface area contributed by atoms with Gasteiger partial charge in [-0.05, 0) is 59.0 Å². The minimum Gasteiger partial charge on any atom is -0.492 e. The van der Waals surface area contributed by atoms with Gasteiger partial charge in [0.1, 0.15) is 5.56 Å². The number of halogens is 1. The molecule has 0 unspecified atom stereocenters. The maximum Gasteiger partial charge on any atom is 0.341 e. The Kier molecular flexibility index (Phi) is 4.43. The number of carbonyl (C=O) groups is 1. The van der Waals surface area contributed by atoms with E-state index in [1.54, 1.807) is 24.5 Å². The van der Waals surface area contributed by atoms with Gasteiger partial charge in [-0.15, -0.1) is 11.3 Å². The van der Waals surface area contributed by atoms with E-state index in [9.17, 15) is 14.7 Å². The molecule has 3 aromatic rings. The molecular weight excluding hydrogens is 456 g/mol. The molecule has 1 fully saturated rings. The number of benzene rings is 1. The number of rotatable bonds is 4. The lowest BCUT2D eigenvalue weighted by atomic mass is 10.1. The minimum absolute atomic E-state index is 0.190. The fraction of sp³-hybridized carbons (Fsp3) is 0.333. The molecule has 0 bridgehead atoms. The first-order chi connectivity index (χ1) is 14.0. The van der Waals surface area contributed by atoms with Crippen molar-refractivity contribution in [1.82, 2.24) is 4.57 Å². The number of anilines is 1. The second-order valence-corrected chi connectivity index (χ2v) is 10.0. The van der Waals surface area contributed by atoms with Crippen molar-refractivity contribution >= 4 is 49.8 Å². The molecule has 0 spiro atoms. The number of aromatic nitrogens is 1. The Morgan fingerprint density at radius 3 is 2.83 bits per heavy atom. The van der Waals surface area contributed by atoms with Crippen molar-refractivity contribution in [2.45, 2.75) is 31.8 Å². The van der Waals surface area contributed by atoms with Gasteiger partial charge in [0.2, 0.25) is 5.43 Å². The molecule has 1 aliphatic heterocycles. The van der Waals surface area contributed by atoms with Crippen LogP contribution in [0.3, 0.4) is 0 Å². The molecule has 1 aliphatic carbocycles. The molecule has 0 amide bonds. The van der Waals surface area contributed by atoms with Crippen molar-refractivity contribution in [3.05, 3.63) is 54.4 Å². The Morgan fingerprint density at radius 1 is 1.34 bits per heavy atom. The predicted molar refractivity (Wildman–Crippen MR) is 117 cm³/mol. The Bertz CT molecular complexity index is 1210. The lowest BCUT2D eigenvalue weighted by molar-refractivity contribution is 0.0695. The van der Waals surface area contributed by atoms with Crippen LogP contribution in [0.15, 0.2) is 33.0 Å². The van der Waals surface area contributed by atoms with Gasteiger partial charge in [-0.1, -0.05) is 0 Å². The van der Waals surface area contributed by atoms with Crippen LogP contribution >= 0.6 is 27.3 Å². The van der Waals surface area contributed by atoms with Crippen LogP contribution in [0.25, 0.3) is 10.9 Å². The molecule has 2 aromatic heterocycles. The van der Waals surface area contributed by atoms with E-state index in [1.807, 2.05) is 10.6 Å². The van der Waals surface area contributed by atoms with Gasteiger partial charge >= 0.3 is 5.97 Å². The highest BCUT2D eigenvalue weighted by Crippen LogP contribution is 2.43. The van der Waals surface area contributed by atoms with E-state index >= 15 is 0 Å². The third-order valence-electron chi connectivity index (χ3n) is 5.68. The van der Waals surface area contributed by atoms with Gasteiger partial charge in [0.05, 0.1) is 27.5 Å². The minimum atomic E-state index is -1.19. The van der Waals surface area contributed by atoms with Gasteiger partial charge in [-0.2, -0.15) is 0 Å². The smallest absolute Gasteiger partial charge is 0.341 e. The summed E-state index contributed by atoms with van der Waals surface area (Å²) in [5, 5.41) is 9.87. The molecule has 0 atom stereocenters. The maximum absolute atomic E-state index is 12.8. The molecule has 0 saturated heterocycles. The van der Waals surface area contributed by atoms with Gasteiger partial charge in [0.15, 0.2) is 5.75 Å². The Balaban J connectivity index is 1.70. The molecule has 8 heteroatoms. The van der Waals surface area contributed by atoms with Crippen LogP contribution in [0.2, 0.25) is 0 Å². The number of fused-ring (bicyclic) bond motifs is 2. The van der Waals surface area contributed by atoms with Gasteiger partial charge in [-0.3, -0.25) is 4.79 Å². The number of aromatic carboxylic acids is 1. The molecule has 0 radical (unpaired) electrons. The van der Waals surface area contributed by atoms with E-state index in [4.69, 9.17) is 4.74 Å². The summed E-state index contributed by atoms with van der Waals surface area (Å²) < 4.78 is 8.89. The largest absolute Gasteiger partial charge is 0.492 e. The summed E-state index contributed by atoms with van der Waals surface area (Å²) >= 11 is 5.36. The number of hydrogen-bond donors (Lipinski definition) is 1. The predicted octanol–water partition coefficient (Wildman–Crippen LogP) is 4.43. The highest BCUT2D eigenvalue weighted by molar-refractivity contribution is 9.11. The highest BCUT2D eigenvalue weighted by Gasteiger charge is 2.30. The number of carboxylic acid groups (broad SMARTS) is 1. The van der Waals surface area contributed by atoms with Crippen molar-refractivity contribution in [2.24, 2.45) is 0 Å². The number of pyridine rings is 1. The molecule has 5 rings (SSSR count). The van der Waals surface area contributed by atoms with E-state index in [0.29, 0.717) is 16.7 Å². The van der Waals surface area contributed by atoms with Gasteiger partial charge in [-0.25, -0.2) is 4.79 Å². The number of thiophene rings is 1. The lowest BCUT2D eigenvalue weighted by Crippen LogP contribution is -2.30. The summed E-state index contributed by atoms with van der Waals surface area (Å²) in [7, 11) is 1.61. The monoisotopic (exact) mass is 474 g/mol. The van der Waals surface area contributed by atoms with E-state index in [-0.39, 0.29) is 11.6 Å². The Hall–Kier alpha value is -2.32. The van der Waals surface area contributed by atoms with Crippen LogP contribution in [0.4, 0.5) is 5.69 Å². The average Bonchev–Trinajstić information content (AvgIpc) is 3.47. The standard InChI is InChI=1S/C21H19BrN2O4S/c1-28-20-15(23-7-6-16-11(9-23)8-17(22)29-16)5-4-13-18(20)24(12-2-3-12)10-14(19(13)25)21(26)27/h4-5,8,10,12H,2-3,6-7,9H2,1H3,(H,26,27). The van der Waals surface area contributed by atoms with E-state index in [1.165, 1.54) is 16.6 Å². The molecule has 1 saturated carbocycles. The molecule has 3 heterocycles. The fourth-order valence-electron chi connectivity index (χ4n) is 4.15. The van der Waals surface area contributed by atoms with Crippen LogP contribution in [-0.4, -0.2) is 29.3 Å². The zero-order valence-electron chi connectivity index (χ0n) is 15.8. The fourth-order valence-corrected chi connectivity index (χ4v) is 5.90. The van der Waals surface area contributed by atoms with Crippen LogP contribution in [0, 0.1) is 0 Å². The summed E-state index contributed by atoms with van der Waals surface area (Å²) in [5.74, 6) is -0.554. The number of ether oxygens (including phenoxy) is 1. The van der Waals surface area contributed by atoms with Crippen molar-refractivity contribution in [3.63, 3.8) is 0 Å². The molecular formula is C21H19BrN2O4S. The zero-order chi connectivity index (χ0) is 20.3. The SMILES string of the molecule is COc1c(N2CCc3sc(Br)cc3C2)ccc2c(=O)c(C(=O)O)cn(C3CC3)c12. The summed E-state index contributed by atoms with van der Waals surface area (Å²) in [6.45, 7) is 1.64. The number of nitrogens with zero attached hydrogens (tertiary/aromatic N) is 2. The lowest BCUT2D eigenvalue weighted by Gasteiger charge is -2.31. The van der Waals surface area contributed by atoms with Crippen LogP contribution in [0.5, 0.6) is 5.75 Å². The Morgan fingerprint density at radius 2 is 2.14 bits per heavy atom. The molecule has 6 nitrogen and oxygen atoms in total. The third-order valence-corrected chi connectivity index (χ3v) is 7.42. The van der Waals surface area contributed by atoms with Gasteiger partial charge in [0.25, 0.3) is 0 Å². The third kappa shape index (κ3) is 3.05. The first kappa shape index (κ1) is 18.7. The van der Waals surface area contributed by atoms with E-state index in [2.05, 4.69) is 26.9 Å². The average molecular weight is 475 g/mol. The second kappa shape index (κ2) is 6.88. The number of carboxylic acids is 1. The Labute approximate surface area is 179 Å². The van der Waals surface area contributed by atoms with Crippen molar-refractivity contribution in [1.29, 1.82) is 0 Å². The van der Waals surface area contributed by atoms with Gasteiger partial charge < -0.3 is 19.3 Å². The second-order valence-electron chi connectivity index (χ2n) is 7.50. The molecule has 1 aromatic carbocycles. The summed E-state index contributed by atoms with van der Waals surface area (Å²) in [6, 6.07) is 6.01. The van der Waals surface area contributed by atoms with Crippen LogP contribution in [0.1, 0.15) is 39.7 Å². The first-order valence-corrected chi connectivity index (χ1v) is 11.1. The van der Waals surface area contributed by atoms with Crippen molar-refractivity contribution in [3.8, 4) is 5.75 Å². The normalized spacial score (nSPS) is 16.1. The molecule has 29 heavy (non-hydrogen) atoms. The van der Waals surface area contributed by atoms with E-state index in [0.717, 1.165) is 41.8 Å². The quantitative estimate of drug-likeness (QED) is 0.605. The maximum atomic E-state index is 12.8.